The van der Waals surface area contributed by atoms with E-state index in [-0.39, 0.29) is 11.2 Å². The number of hydrogen-bond donors (Lipinski definition) is 0. The fraction of sp³-hybridized carbons (Fsp3) is 0.0968. The van der Waals surface area contributed by atoms with E-state index in [0.717, 1.165) is 16.7 Å². The molecule has 6 heteroatoms. The molecule has 1 atom stereocenters. The fourth-order valence-corrected chi connectivity index (χ4v) is 4.95. The Morgan fingerprint density at radius 2 is 1.62 bits per heavy atom. The first kappa shape index (κ1) is 23.1. The van der Waals surface area contributed by atoms with Crippen molar-refractivity contribution < 1.29 is 13.9 Å². The molecule has 1 aliphatic heterocycles. The van der Waals surface area contributed by atoms with Crippen molar-refractivity contribution in [2.75, 3.05) is 4.90 Å². The average molecular weight is 508 g/mol. The van der Waals surface area contributed by atoms with Gasteiger partial charge in [-0.2, -0.15) is 0 Å². The molecular formula is C31H22ClNO4. The van der Waals surface area contributed by atoms with Gasteiger partial charge in [0.05, 0.1) is 17.0 Å². The minimum atomic E-state index is -0.721. The van der Waals surface area contributed by atoms with Crippen LogP contribution in [-0.2, 0) is 0 Å². The Kier molecular flexibility index (Phi) is 5.58. The molecular weight excluding hydrogens is 486 g/mol. The lowest BCUT2D eigenvalue weighted by Gasteiger charge is -2.26. The summed E-state index contributed by atoms with van der Waals surface area (Å²) in [5, 5.41) is 0.971. The molecule has 5 nitrogen and oxygen atoms in total. The van der Waals surface area contributed by atoms with Gasteiger partial charge in [-0.05, 0) is 73.5 Å². The van der Waals surface area contributed by atoms with Crippen LogP contribution in [0.5, 0.6) is 11.5 Å². The van der Waals surface area contributed by atoms with Crippen LogP contribution in [0.15, 0.2) is 100 Å². The van der Waals surface area contributed by atoms with Gasteiger partial charge in [0, 0.05) is 10.7 Å². The van der Waals surface area contributed by atoms with Crippen molar-refractivity contribution in [1.82, 2.24) is 0 Å². The van der Waals surface area contributed by atoms with Gasteiger partial charge in [-0.3, -0.25) is 14.5 Å². The number of hydrogen-bond acceptors (Lipinski definition) is 4. The third kappa shape index (κ3) is 3.98. The zero-order chi connectivity index (χ0) is 25.7. The van der Waals surface area contributed by atoms with Crippen LogP contribution < -0.4 is 15.1 Å². The topological polar surface area (TPSA) is 59.8 Å². The highest BCUT2D eigenvalue weighted by Gasteiger charge is 2.44. The molecule has 1 aliphatic rings. The summed E-state index contributed by atoms with van der Waals surface area (Å²) < 4.78 is 12.1. The van der Waals surface area contributed by atoms with E-state index >= 15 is 0 Å². The standard InChI is InChI=1S/C31H22ClNO4/c1-18-11-14-26-24(15-18)29(34)27-28(20-7-6-10-23(16-20)36-22-8-4-3-5-9-22)33(31(35)30(27)37-26)21-13-12-19(2)25(32)17-21/h3-17,28H,1-2H3. The molecule has 0 bridgehead atoms. The summed E-state index contributed by atoms with van der Waals surface area (Å²) in [5.41, 5.74) is 3.57. The largest absolute Gasteiger partial charge is 0.457 e. The molecule has 6 rings (SSSR count). The van der Waals surface area contributed by atoms with Crippen molar-refractivity contribution in [3.8, 4) is 11.5 Å². The van der Waals surface area contributed by atoms with Crippen molar-refractivity contribution in [2.45, 2.75) is 19.9 Å². The fourth-order valence-electron chi connectivity index (χ4n) is 4.77. The van der Waals surface area contributed by atoms with Crippen LogP contribution >= 0.6 is 11.6 Å². The first-order chi connectivity index (χ1) is 17.9. The van der Waals surface area contributed by atoms with E-state index in [1.54, 1.807) is 23.1 Å². The highest BCUT2D eigenvalue weighted by atomic mass is 35.5. The quantitative estimate of drug-likeness (QED) is 0.251. The number of ether oxygens (including phenoxy) is 1. The Morgan fingerprint density at radius 3 is 2.41 bits per heavy atom. The lowest BCUT2D eigenvalue weighted by Crippen LogP contribution is -2.29. The zero-order valence-corrected chi connectivity index (χ0v) is 21.0. The lowest BCUT2D eigenvalue weighted by atomic mass is 9.97. The third-order valence-electron chi connectivity index (χ3n) is 6.61. The van der Waals surface area contributed by atoms with Crippen LogP contribution in [0.4, 0.5) is 5.69 Å². The van der Waals surface area contributed by atoms with E-state index < -0.39 is 11.9 Å². The van der Waals surface area contributed by atoms with Crippen LogP contribution in [0.3, 0.4) is 0 Å². The smallest absolute Gasteiger partial charge is 0.295 e. The summed E-state index contributed by atoms with van der Waals surface area (Å²) in [6, 6.07) is 27.0. The first-order valence-corrected chi connectivity index (χ1v) is 12.3. The van der Waals surface area contributed by atoms with Crippen molar-refractivity contribution in [1.29, 1.82) is 0 Å². The van der Waals surface area contributed by atoms with Crippen molar-refractivity contribution in [3.05, 3.63) is 134 Å². The molecule has 37 heavy (non-hydrogen) atoms. The number of rotatable bonds is 4. The second-order valence-corrected chi connectivity index (χ2v) is 9.58. The van der Waals surface area contributed by atoms with E-state index in [9.17, 15) is 9.59 Å². The van der Waals surface area contributed by atoms with Gasteiger partial charge in [0.25, 0.3) is 5.91 Å². The maximum atomic E-state index is 13.9. The van der Waals surface area contributed by atoms with Gasteiger partial charge in [-0.15, -0.1) is 0 Å². The van der Waals surface area contributed by atoms with Gasteiger partial charge < -0.3 is 9.15 Å². The van der Waals surface area contributed by atoms with E-state index in [0.29, 0.717) is 38.7 Å². The van der Waals surface area contributed by atoms with E-state index in [1.165, 1.54) is 0 Å². The summed E-state index contributed by atoms with van der Waals surface area (Å²) >= 11 is 6.45. The molecule has 0 spiro atoms. The van der Waals surface area contributed by atoms with Crippen LogP contribution in [0.2, 0.25) is 5.02 Å². The Bertz CT molecular complexity index is 1740. The number of amides is 1. The molecule has 4 aromatic carbocycles. The lowest BCUT2D eigenvalue weighted by molar-refractivity contribution is 0.0971. The third-order valence-corrected chi connectivity index (χ3v) is 7.02. The van der Waals surface area contributed by atoms with E-state index in [4.69, 9.17) is 20.8 Å². The maximum absolute atomic E-state index is 13.9. The number of para-hydroxylation sites is 1. The Hall–Kier alpha value is -4.35. The van der Waals surface area contributed by atoms with Crippen molar-refractivity contribution in [2.24, 2.45) is 0 Å². The number of fused-ring (bicyclic) bond motifs is 2. The second-order valence-electron chi connectivity index (χ2n) is 9.17. The van der Waals surface area contributed by atoms with E-state index in [1.807, 2.05) is 86.6 Å². The number of nitrogens with zero attached hydrogens (tertiary/aromatic N) is 1. The minimum Gasteiger partial charge on any atom is -0.457 e. The molecule has 1 unspecified atom stereocenters. The number of benzene rings is 4. The van der Waals surface area contributed by atoms with Gasteiger partial charge >= 0.3 is 0 Å². The van der Waals surface area contributed by atoms with Crippen LogP contribution in [0.1, 0.15) is 38.9 Å². The minimum absolute atomic E-state index is 0.0393. The SMILES string of the molecule is Cc1ccc2oc3c(c(=O)c2c1)C(c1cccc(Oc2ccccc2)c1)N(c1ccc(C)c(Cl)c1)C3=O. The predicted octanol–water partition coefficient (Wildman–Crippen LogP) is 7.61. The maximum Gasteiger partial charge on any atom is 0.295 e. The van der Waals surface area contributed by atoms with Crippen molar-refractivity contribution >= 4 is 34.2 Å². The predicted molar refractivity (Wildman–Crippen MR) is 145 cm³/mol. The molecule has 2 heterocycles. The van der Waals surface area contributed by atoms with Gasteiger partial charge in [0.2, 0.25) is 5.76 Å². The van der Waals surface area contributed by atoms with Gasteiger partial charge in [-0.25, -0.2) is 0 Å². The molecule has 0 radical (unpaired) electrons. The monoisotopic (exact) mass is 507 g/mol. The number of anilines is 1. The number of aryl methyl sites for hydroxylation is 2. The van der Waals surface area contributed by atoms with Gasteiger partial charge in [0.1, 0.15) is 17.1 Å². The summed E-state index contributed by atoms with van der Waals surface area (Å²) in [6.45, 7) is 3.81. The Labute approximate surface area is 218 Å². The molecule has 1 amide bonds. The van der Waals surface area contributed by atoms with Gasteiger partial charge in [-0.1, -0.05) is 59.6 Å². The molecule has 0 saturated carbocycles. The average Bonchev–Trinajstić information content (AvgIpc) is 3.19. The summed E-state index contributed by atoms with van der Waals surface area (Å²) in [7, 11) is 0. The molecule has 0 fully saturated rings. The highest BCUT2D eigenvalue weighted by Crippen LogP contribution is 2.43. The number of carbonyl (C=O) groups is 1. The number of halogens is 1. The summed E-state index contributed by atoms with van der Waals surface area (Å²) in [6.07, 6.45) is 0. The highest BCUT2D eigenvalue weighted by molar-refractivity contribution is 6.31. The normalized spacial score (nSPS) is 14.7. The van der Waals surface area contributed by atoms with Crippen LogP contribution in [0.25, 0.3) is 11.0 Å². The molecule has 0 saturated heterocycles. The molecule has 5 aromatic rings. The van der Waals surface area contributed by atoms with Crippen molar-refractivity contribution in [3.63, 3.8) is 0 Å². The number of carbonyl (C=O) groups excluding carboxylic acids is 1. The summed E-state index contributed by atoms with van der Waals surface area (Å²) in [5.74, 6) is 0.921. The molecule has 0 N–H and O–H groups in total. The van der Waals surface area contributed by atoms with Crippen LogP contribution in [0, 0.1) is 13.8 Å². The first-order valence-electron chi connectivity index (χ1n) is 11.9. The molecule has 1 aromatic heterocycles. The Balaban J connectivity index is 1.57. The second kappa shape index (κ2) is 8.95. The molecule has 182 valence electrons. The zero-order valence-electron chi connectivity index (χ0n) is 20.2. The Morgan fingerprint density at radius 1 is 0.838 bits per heavy atom. The molecule has 0 aliphatic carbocycles. The van der Waals surface area contributed by atoms with Gasteiger partial charge in [0.15, 0.2) is 5.43 Å². The van der Waals surface area contributed by atoms with E-state index in [2.05, 4.69) is 0 Å². The van der Waals surface area contributed by atoms with Crippen LogP contribution in [-0.4, -0.2) is 5.91 Å². The summed E-state index contributed by atoms with van der Waals surface area (Å²) in [4.78, 5) is 29.3.